The van der Waals surface area contributed by atoms with Gasteiger partial charge in [-0.05, 0) is 12.1 Å². The smallest absolute Gasteiger partial charge is 0.166 e. The summed E-state index contributed by atoms with van der Waals surface area (Å²) in [6.45, 7) is 0. The molecule has 2 rings (SSSR count). The Morgan fingerprint density at radius 1 is 1.29 bits per heavy atom. The molecule has 0 amide bonds. The van der Waals surface area contributed by atoms with Gasteiger partial charge in [-0.25, -0.2) is 8.78 Å². The summed E-state index contributed by atoms with van der Waals surface area (Å²) in [6, 6.07) is 3.49. The lowest BCUT2D eigenvalue weighted by Crippen LogP contribution is -1.98. The maximum Gasteiger partial charge on any atom is 0.166 e. The predicted molar refractivity (Wildman–Crippen MR) is 59.5 cm³/mol. The molecule has 0 spiro atoms. The first-order valence-electron chi connectivity index (χ1n) is 4.86. The van der Waals surface area contributed by atoms with Gasteiger partial charge in [0, 0.05) is 13.1 Å². The van der Waals surface area contributed by atoms with Crippen LogP contribution < -0.4 is 10.5 Å². The van der Waals surface area contributed by atoms with E-state index in [0.29, 0.717) is 5.82 Å². The highest BCUT2D eigenvalue weighted by atomic mass is 19.1. The second-order valence-corrected chi connectivity index (χ2v) is 3.52. The number of methoxy groups -OCH3 is 1. The van der Waals surface area contributed by atoms with E-state index in [1.807, 2.05) is 0 Å². The number of hydrogen-bond donors (Lipinski definition) is 1. The molecule has 2 aromatic rings. The molecule has 0 bridgehead atoms. The third kappa shape index (κ3) is 1.82. The predicted octanol–water partition coefficient (Wildman–Crippen LogP) is 1.96. The Balaban J connectivity index is 2.69. The molecule has 0 fully saturated rings. The van der Waals surface area contributed by atoms with Gasteiger partial charge in [0.2, 0.25) is 0 Å². The first kappa shape index (κ1) is 11.4. The molecule has 1 aromatic carbocycles. The van der Waals surface area contributed by atoms with Crippen molar-refractivity contribution in [1.82, 2.24) is 9.78 Å². The highest BCUT2D eigenvalue weighted by molar-refractivity contribution is 5.70. The van der Waals surface area contributed by atoms with E-state index < -0.39 is 11.6 Å². The van der Waals surface area contributed by atoms with E-state index in [1.54, 1.807) is 7.05 Å². The Labute approximate surface area is 96.6 Å². The number of aromatic nitrogens is 2. The Kier molecular flexibility index (Phi) is 2.71. The summed E-state index contributed by atoms with van der Waals surface area (Å²) >= 11 is 0. The lowest BCUT2D eigenvalue weighted by Gasteiger charge is -2.08. The number of nitrogens with two attached hydrogens (primary N) is 1. The Morgan fingerprint density at radius 2 is 1.94 bits per heavy atom. The number of nitrogen functional groups attached to an aromatic ring is 1. The van der Waals surface area contributed by atoms with Gasteiger partial charge in [-0.15, -0.1) is 0 Å². The van der Waals surface area contributed by atoms with Crippen molar-refractivity contribution in [3.63, 3.8) is 0 Å². The van der Waals surface area contributed by atoms with E-state index in [0.717, 1.165) is 12.1 Å². The summed E-state index contributed by atoms with van der Waals surface area (Å²) < 4.78 is 33.4. The van der Waals surface area contributed by atoms with Crippen molar-refractivity contribution in [2.45, 2.75) is 0 Å². The van der Waals surface area contributed by atoms with Crippen molar-refractivity contribution in [3.05, 3.63) is 29.8 Å². The zero-order valence-electron chi connectivity index (χ0n) is 9.37. The van der Waals surface area contributed by atoms with E-state index >= 15 is 0 Å². The molecule has 0 saturated carbocycles. The number of rotatable bonds is 2. The van der Waals surface area contributed by atoms with Crippen LogP contribution in [0.1, 0.15) is 0 Å². The fraction of sp³-hybridized carbons (Fsp3) is 0.182. The van der Waals surface area contributed by atoms with Gasteiger partial charge in [-0.1, -0.05) is 0 Å². The van der Waals surface area contributed by atoms with E-state index in [2.05, 4.69) is 5.10 Å². The summed E-state index contributed by atoms with van der Waals surface area (Å²) in [4.78, 5) is 0. The van der Waals surface area contributed by atoms with Gasteiger partial charge in [0.05, 0.1) is 12.7 Å². The van der Waals surface area contributed by atoms with E-state index in [9.17, 15) is 8.78 Å². The number of nitrogens with zero attached hydrogens (tertiary/aromatic N) is 2. The quantitative estimate of drug-likeness (QED) is 0.871. The van der Waals surface area contributed by atoms with Crippen molar-refractivity contribution in [2.24, 2.45) is 7.05 Å². The van der Waals surface area contributed by atoms with Crippen molar-refractivity contribution in [2.75, 3.05) is 12.8 Å². The van der Waals surface area contributed by atoms with Crippen LogP contribution in [-0.4, -0.2) is 16.9 Å². The fourth-order valence-electron chi connectivity index (χ4n) is 1.58. The Morgan fingerprint density at radius 3 is 2.47 bits per heavy atom. The average molecular weight is 239 g/mol. The summed E-state index contributed by atoms with van der Waals surface area (Å²) in [5.41, 5.74) is 5.81. The molecule has 0 atom stereocenters. The normalized spacial score (nSPS) is 10.6. The minimum absolute atomic E-state index is 0.0280. The second kappa shape index (κ2) is 4.04. The lowest BCUT2D eigenvalue weighted by molar-refractivity contribution is 0.385. The zero-order chi connectivity index (χ0) is 12.6. The third-order valence-corrected chi connectivity index (χ3v) is 2.44. The topological polar surface area (TPSA) is 53.1 Å². The van der Waals surface area contributed by atoms with Crippen molar-refractivity contribution in [3.8, 4) is 17.0 Å². The van der Waals surface area contributed by atoms with Crippen LogP contribution in [0.25, 0.3) is 11.3 Å². The van der Waals surface area contributed by atoms with E-state index in [-0.39, 0.29) is 17.0 Å². The summed E-state index contributed by atoms with van der Waals surface area (Å²) in [7, 11) is 2.89. The molecule has 1 aromatic heterocycles. The third-order valence-electron chi connectivity index (χ3n) is 2.44. The highest BCUT2D eigenvalue weighted by Crippen LogP contribution is 2.34. The van der Waals surface area contributed by atoms with Gasteiger partial charge in [0.15, 0.2) is 11.6 Å². The fourth-order valence-corrected chi connectivity index (χ4v) is 1.58. The molecule has 17 heavy (non-hydrogen) atoms. The van der Waals surface area contributed by atoms with Crippen LogP contribution in [0.3, 0.4) is 0 Å². The molecule has 0 radical (unpaired) electrons. The maximum atomic E-state index is 13.7. The van der Waals surface area contributed by atoms with E-state index in [4.69, 9.17) is 10.5 Å². The number of aryl methyl sites for hydroxylation is 1. The first-order valence-corrected chi connectivity index (χ1v) is 4.86. The van der Waals surface area contributed by atoms with Crippen LogP contribution in [0.2, 0.25) is 0 Å². The van der Waals surface area contributed by atoms with Gasteiger partial charge in [-0.2, -0.15) is 5.10 Å². The molecule has 0 aliphatic rings. The van der Waals surface area contributed by atoms with Gasteiger partial charge >= 0.3 is 0 Å². The van der Waals surface area contributed by atoms with Gasteiger partial charge < -0.3 is 10.5 Å². The minimum Gasteiger partial charge on any atom is -0.493 e. The molecule has 0 saturated heterocycles. The van der Waals surface area contributed by atoms with Crippen LogP contribution >= 0.6 is 0 Å². The van der Waals surface area contributed by atoms with Crippen molar-refractivity contribution >= 4 is 5.82 Å². The molecule has 1 heterocycles. The van der Waals surface area contributed by atoms with Crippen LogP contribution in [0, 0.1) is 11.6 Å². The molecule has 0 aliphatic carbocycles. The number of hydrogen-bond acceptors (Lipinski definition) is 3. The monoisotopic (exact) mass is 239 g/mol. The number of halogens is 2. The standard InChI is InChI=1S/C11H11F2N3O/c1-16-9(14)5-8(15-16)10-6(12)3-4-7(13)11(10)17-2/h3-5H,14H2,1-2H3. The molecular formula is C11H11F2N3O. The number of anilines is 1. The molecule has 90 valence electrons. The largest absolute Gasteiger partial charge is 0.493 e. The highest BCUT2D eigenvalue weighted by Gasteiger charge is 2.19. The molecule has 0 unspecified atom stereocenters. The summed E-state index contributed by atoms with van der Waals surface area (Å²) in [6.07, 6.45) is 0. The first-order chi connectivity index (χ1) is 8.04. The van der Waals surface area contributed by atoms with Crippen molar-refractivity contribution < 1.29 is 13.5 Å². The van der Waals surface area contributed by atoms with E-state index in [1.165, 1.54) is 17.9 Å². The molecule has 2 N–H and O–H groups in total. The van der Waals surface area contributed by atoms with Crippen LogP contribution in [-0.2, 0) is 7.05 Å². The minimum atomic E-state index is -0.645. The van der Waals surface area contributed by atoms with Gasteiger partial charge in [-0.3, -0.25) is 4.68 Å². The molecule has 6 heteroatoms. The summed E-state index contributed by atoms with van der Waals surface area (Å²) in [5, 5.41) is 4.00. The van der Waals surface area contributed by atoms with Crippen LogP contribution in [0.4, 0.5) is 14.6 Å². The molecule has 0 aliphatic heterocycles. The maximum absolute atomic E-state index is 13.7. The SMILES string of the molecule is COc1c(F)ccc(F)c1-c1cc(N)n(C)n1. The van der Waals surface area contributed by atoms with Gasteiger partial charge in [0.1, 0.15) is 17.3 Å². The average Bonchev–Trinajstić information content (AvgIpc) is 2.61. The van der Waals surface area contributed by atoms with Crippen LogP contribution in [0.15, 0.2) is 18.2 Å². The molecular weight excluding hydrogens is 228 g/mol. The summed E-state index contributed by atoms with van der Waals surface area (Å²) in [5.74, 6) is -1.08. The lowest BCUT2D eigenvalue weighted by atomic mass is 10.1. The van der Waals surface area contributed by atoms with Crippen LogP contribution in [0.5, 0.6) is 5.75 Å². The number of benzene rings is 1. The Bertz CT molecular complexity index is 547. The van der Waals surface area contributed by atoms with Crippen molar-refractivity contribution in [1.29, 1.82) is 0 Å². The second-order valence-electron chi connectivity index (χ2n) is 3.52. The molecule has 4 nitrogen and oxygen atoms in total. The number of ether oxygens (including phenoxy) is 1. The van der Waals surface area contributed by atoms with Gasteiger partial charge in [0.25, 0.3) is 0 Å². The Hall–Kier alpha value is -2.11. The zero-order valence-corrected chi connectivity index (χ0v) is 9.37.